The van der Waals surface area contributed by atoms with Gasteiger partial charge in [0.1, 0.15) is 11.5 Å². The summed E-state index contributed by atoms with van der Waals surface area (Å²) in [5.41, 5.74) is 2.48. The molecule has 0 saturated heterocycles. The Hall–Kier alpha value is -1.06. The Morgan fingerprint density at radius 1 is 1.20 bits per heavy atom. The van der Waals surface area contributed by atoms with Crippen molar-refractivity contribution in [1.29, 1.82) is 0 Å². The maximum absolute atomic E-state index is 5.96. The first kappa shape index (κ1) is 15.3. The molecule has 0 saturated carbocycles. The lowest BCUT2D eigenvalue weighted by atomic mass is 10.0. The molecule has 1 aromatic heterocycles. The number of nitrogens with one attached hydrogen (secondary N) is 1. The molecule has 0 spiro atoms. The van der Waals surface area contributed by atoms with Crippen molar-refractivity contribution in [1.82, 2.24) is 5.32 Å². The Kier molecular flexibility index (Phi) is 5.44. The highest BCUT2D eigenvalue weighted by atomic mass is 79.9. The maximum atomic E-state index is 5.96. The van der Waals surface area contributed by atoms with Gasteiger partial charge in [-0.15, -0.1) is 0 Å². The fourth-order valence-electron chi connectivity index (χ4n) is 2.29. The molecule has 0 bridgehead atoms. The van der Waals surface area contributed by atoms with Crippen molar-refractivity contribution in [2.24, 2.45) is 0 Å². The van der Waals surface area contributed by atoms with Gasteiger partial charge in [0.25, 0.3) is 0 Å². The molecule has 2 aromatic rings. The van der Waals surface area contributed by atoms with Gasteiger partial charge in [-0.05, 0) is 43.1 Å². The van der Waals surface area contributed by atoms with E-state index in [2.05, 4.69) is 72.3 Å². The highest BCUT2D eigenvalue weighted by molar-refractivity contribution is 9.10. The molecule has 0 amide bonds. The van der Waals surface area contributed by atoms with Crippen molar-refractivity contribution in [3.63, 3.8) is 0 Å². The van der Waals surface area contributed by atoms with Crippen LogP contribution in [0.5, 0.6) is 0 Å². The summed E-state index contributed by atoms with van der Waals surface area (Å²) in [6, 6.07) is 10.6. The molecule has 0 aliphatic heterocycles. The van der Waals surface area contributed by atoms with Crippen molar-refractivity contribution in [3.8, 4) is 0 Å². The third-order valence-corrected chi connectivity index (χ3v) is 4.53. The Morgan fingerprint density at radius 3 is 2.65 bits per heavy atom. The Labute approximate surface area is 129 Å². The van der Waals surface area contributed by atoms with Crippen LogP contribution in [-0.4, -0.2) is 6.54 Å². The second-order valence-corrected chi connectivity index (χ2v) is 5.82. The second-order valence-electron chi connectivity index (χ2n) is 5.02. The van der Waals surface area contributed by atoms with Gasteiger partial charge in [-0.25, -0.2) is 0 Å². The molecule has 0 aliphatic carbocycles. The van der Waals surface area contributed by atoms with Crippen LogP contribution in [0, 0.1) is 6.92 Å². The van der Waals surface area contributed by atoms with Crippen LogP contribution in [0.3, 0.4) is 0 Å². The molecule has 0 fully saturated rings. The monoisotopic (exact) mass is 335 g/mol. The van der Waals surface area contributed by atoms with E-state index in [-0.39, 0.29) is 6.04 Å². The lowest BCUT2D eigenvalue weighted by Crippen LogP contribution is -2.23. The molecule has 0 aliphatic rings. The predicted octanol–water partition coefficient (Wildman–Crippen LogP) is 5.00. The van der Waals surface area contributed by atoms with Crippen molar-refractivity contribution in [3.05, 3.63) is 57.5 Å². The number of hydrogen-bond acceptors (Lipinski definition) is 2. The normalized spacial score (nSPS) is 12.6. The molecule has 108 valence electrons. The molecule has 0 radical (unpaired) electrons. The zero-order chi connectivity index (χ0) is 14.5. The fraction of sp³-hybridized carbons (Fsp3) is 0.412. The van der Waals surface area contributed by atoms with E-state index in [4.69, 9.17) is 4.42 Å². The van der Waals surface area contributed by atoms with E-state index in [0.717, 1.165) is 35.4 Å². The van der Waals surface area contributed by atoms with Crippen molar-refractivity contribution < 1.29 is 4.42 Å². The van der Waals surface area contributed by atoms with E-state index in [1.54, 1.807) is 0 Å². The Morgan fingerprint density at radius 2 is 2.00 bits per heavy atom. The SMILES string of the molecule is CCCNC(c1ccc(CC)o1)c1cccc(C)c1Br. The van der Waals surface area contributed by atoms with Crippen LogP contribution in [0.2, 0.25) is 0 Å². The standard InChI is InChI=1S/C17H22BrNO/c1-4-11-19-17(15-10-9-13(5-2)20-15)14-8-6-7-12(3)16(14)18/h6-10,17,19H,4-5,11H2,1-3H3. The van der Waals surface area contributed by atoms with Gasteiger partial charge >= 0.3 is 0 Å². The van der Waals surface area contributed by atoms with E-state index < -0.39 is 0 Å². The van der Waals surface area contributed by atoms with Crippen LogP contribution < -0.4 is 5.32 Å². The van der Waals surface area contributed by atoms with Crippen molar-refractivity contribution in [2.45, 2.75) is 39.7 Å². The predicted molar refractivity (Wildman–Crippen MR) is 87.1 cm³/mol. The van der Waals surface area contributed by atoms with E-state index in [9.17, 15) is 0 Å². The van der Waals surface area contributed by atoms with Crippen LogP contribution >= 0.6 is 15.9 Å². The van der Waals surface area contributed by atoms with Crippen LogP contribution in [0.4, 0.5) is 0 Å². The van der Waals surface area contributed by atoms with Gasteiger partial charge in [-0.2, -0.15) is 0 Å². The van der Waals surface area contributed by atoms with Crippen LogP contribution in [0.15, 0.2) is 39.2 Å². The van der Waals surface area contributed by atoms with Crippen molar-refractivity contribution in [2.75, 3.05) is 6.54 Å². The van der Waals surface area contributed by atoms with E-state index in [1.165, 1.54) is 11.1 Å². The molecular weight excluding hydrogens is 314 g/mol. The first-order valence-corrected chi connectivity index (χ1v) is 8.03. The van der Waals surface area contributed by atoms with Crippen molar-refractivity contribution >= 4 is 15.9 Å². The first-order valence-electron chi connectivity index (χ1n) is 7.24. The third kappa shape index (κ3) is 3.33. The summed E-state index contributed by atoms with van der Waals surface area (Å²) in [4.78, 5) is 0. The molecule has 3 heteroatoms. The first-order chi connectivity index (χ1) is 9.67. The molecule has 2 rings (SSSR count). The molecule has 1 unspecified atom stereocenters. The zero-order valence-corrected chi connectivity index (χ0v) is 14.0. The van der Waals surface area contributed by atoms with Gasteiger partial charge in [0.15, 0.2) is 0 Å². The summed E-state index contributed by atoms with van der Waals surface area (Å²) in [6.45, 7) is 7.37. The summed E-state index contributed by atoms with van der Waals surface area (Å²) in [5, 5.41) is 3.58. The molecule has 1 aromatic carbocycles. The minimum absolute atomic E-state index is 0.101. The molecule has 2 nitrogen and oxygen atoms in total. The minimum atomic E-state index is 0.101. The van der Waals surface area contributed by atoms with Crippen LogP contribution in [0.1, 0.15) is 49.0 Å². The quantitative estimate of drug-likeness (QED) is 0.803. The number of aryl methyl sites for hydroxylation is 2. The zero-order valence-electron chi connectivity index (χ0n) is 12.4. The van der Waals surface area contributed by atoms with Gasteiger partial charge in [-0.3, -0.25) is 0 Å². The number of halogens is 1. The van der Waals surface area contributed by atoms with Gasteiger partial charge in [0, 0.05) is 10.9 Å². The Bertz CT molecular complexity index is 562. The molecule has 1 N–H and O–H groups in total. The van der Waals surface area contributed by atoms with Gasteiger partial charge in [0.2, 0.25) is 0 Å². The lowest BCUT2D eigenvalue weighted by molar-refractivity contribution is 0.421. The van der Waals surface area contributed by atoms with E-state index >= 15 is 0 Å². The fourth-order valence-corrected chi connectivity index (χ4v) is 2.78. The highest BCUT2D eigenvalue weighted by Crippen LogP contribution is 2.31. The topological polar surface area (TPSA) is 25.2 Å². The Balaban J connectivity index is 2.38. The maximum Gasteiger partial charge on any atom is 0.125 e. The van der Waals surface area contributed by atoms with Crippen LogP contribution in [-0.2, 0) is 6.42 Å². The van der Waals surface area contributed by atoms with Gasteiger partial charge < -0.3 is 9.73 Å². The summed E-state index contributed by atoms with van der Waals surface area (Å²) >= 11 is 3.71. The van der Waals surface area contributed by atoms with Crippen LogP contribution in [0.25, 0.3) is 0 Å². The molecular formula is C17H22BrNO. The summed E-state index contributed by atoms with van der Waals surface area (Å²) < 4.78 is 7.11. The average Bonchev–Trinajstić information content (AvgIpc) is 2.92. The number of furan rings is 1. The number of benzene rings is 1. The molecule has 20 heavy (non-hydrogen) atoms. The molecule has 1 atom stereocenters. The second kappa shape index (κ2) is 7.09. The highest BCUT2D eigenvalue weighted by Gasteiger charge is 2.20. The minimum Gasteiger partial charge on any atom is -0.464 e. The number of rotatable bonds is 6. The average molecular weight is 336 g/mol. The summed E-state index contributed by atoms with van der Waals surface area (Å²) in [5.74, 6) is 2.02. The molecule has 1 heterocycles. The van der Waals surface area contributed by atoms with Gasteiger partial charge in [0.05, 0.1) is 6.04 Å². The smallest absolute Gasteiger partial charge is 0.125 e. The number of hydrogen-bond donors (Lipinski definition) is 1. The summed E-state index contributed by atoms with van der Waals surface area (Å²) in [7, 11) is 0. The largest absolute Gasteiger partial charge is 0.464 e. The lowest BCUT2D eigenvalue weighted by Gasteiger charge is -2.19. The van der Waals surface area contributed by atoms with E-state index in [0.29, 0.717) is 0 Å². The van der Waals surface area contributed by atoms with Gasteiger partial charge in [-0.1, -0.05) is 48.0 Å². The summed E-state index contributed by atoms with van der Waals surface area (Å²) in [6.07, 6.45) is 2.02. The van der Waals surface area contributed by atoms with E-state index in [1.807, 2.05) is 0 Å². The third-order valence-electron chi connectivity index (χ3n) is 3.45.